The molecule has 2 aromatic rings. The molecule has 0 aliphatic carbocycles. The summed E-state index contributed by atoms with van der Waals surface area (Å²) in [6.07, 6.45) is 1.31. The van der Waals surface area contributed by atoms with E-state index in [9.17, 15) is 14.7 Å². The summed E-state index contributed by atoms with van der Waals surface area (Å²) < 4.78 is 1.81. The lowest BCUT2D eigenvalue weighted by Gasteiger charge is -2.37. The SMILES string of the molecule is CC(C)c1cc(C(=O)N2CCC[C@H](C(=O)O)[C@@H]2C)nn1-c1ccccc1. The van der Waals surface area contributed by atoms with Crippen molar-refractivity contribution in [2.45, 2.75) is 45.6 Å². The van der Waals surface area contributed by atoms with Gasteiger partial charge in [-0.05, 0) is 43.9 Å². The summed E-state index contributed by atoms with van der Waals surface area (Å²) in [6.45, 7) is 6.51. The minimum atomic E-state index is -0.840. The zero-order chi connectivity index (χ0) is 18.8. The van der Waals surface area contributed by atoms with Crippen molar-refractivity contribution in [2.75, 3.05) is 6.54 Å². The summed E-state index contributed by atoms with van der Waals surface area (Å²) in [7, 11) is 0. The maximum Gasteiger partial charge on any atom is 0.308 e. The average molecular weight is 355 g/mol. The number of hydrogen-bond acceptors (Lipinski definition) is 3. The van der Waals surface area contributed by atoms with E-state index < -0.39 is 11.9 Å². The number of para-hydroxylation sites is 1. The van der Waals surface area contributed by atoms with Crippen LogP contribution in [0, 0.1) is 5.92 Å². The largest absolute Gasteiger partial charge is 0.481 e. The number of carbonyl (C=O) groups excluding carboxylic acids is 1. The van der Waals surface area contributed by atoms with Crippen LogP contribution in [0.25, 0.3) is 5.69 Å². The maximum absolute atomic E-state index is 13.1. The van der Waals surface area contributed by atoms with Crippen LogP contribution in [0.15, 0.2) is 36.4 Å². The van der Waals surface area contributed by atoms with Crippen molar-refractivity contribution < 1.29 is 14.7 Å². The molecule has 1 saturated heterocycles. The minimum Gasteiger partial charge on any atom is -0.481 e. The Bertz CT molecular complexity index is 798. The van der Waals surface area contributed by atoms with Gasteiger partial charge in [0.25, 0.3) is 5.91 Å². The third-order valence-electron chi connectivity index (χ3n) is 5.11. The summed E-state index contributed by atoms with van der Waals surface area (Å²) in [4.78, 5) is 26.2. The first-order valence-electron chi connectivity index (χ1n) is 9.09. The second-order valence-corrected chi connectivity index (χ2v) is 7.18. The quantitative estimate of drug-likeness (QED) is 0.913. The number of rotatable bonds is 4. The molecule has 26 heavy (non-hydrogen) atoms. The van der Waals surface area contributed by atoms with Gasteiger partial charge in [-0.2, -0.15) is 5.10 Å². The van der Waals surface area contributed by atoms with E-state index in [1.54, 1.807) is 9.58 Å². The molecular weight excluding hydrogens is 330 g/mol. The van der Waals surface area contributed by atoms with Crippen molar-refractivity contribution in [1.82, 2.24) is 14.7 Å². The molecule has 1 amide bonds. The lowest BCUT2D eigenvalue weighted by atomic mass is 9.90. The Balaban J connectivity index is 1.94. The monoisotopic (exact) mass is 355 g/mol. The fraction of sp³-hybridized carbons (Fsp3) is 0.450. The van der Waals surface area contributed by atoms with Crippen LogP contribution in [0.4, 0.5) is 0 Å². The summed E-state index contributed by atoms with van der Waals surface area (Å²) >= 11 is 0. The normalized spacial score (nSPS) is 20.4. The van der Waals surface area contributed by atoms with Crippen molar-refractivity contribution >= 4 is 11.9 Å². The third-order valence-corrected chi connectivity index (χ3v) is 5.11. The van der Waals surface area contributed by atoms with Gasteiger partial charge >= 0.3 is 5.97 Å². The second kappa shape index (κ2) is 7.32. The van der Waals surface area contributed by atoms with Gasteiger partial charge in [0.1, 0.15) is 0 Å². The highest BCUT2D eigenvalue weighted by Gasteiger charge is 2.36. The molecule has 6 heteroatoms. The lowest BCUT2D eigenvalue weighted by molar-refractivity contribution is -0.144. The molecular formula is C20H25N3O3. The van der Waals surface area contributed by atoms with Crippen LogP contribution >= 0.6 is 0 Å². The highest BCUT2D eigenvalue weighted by Crippen LogP contribution is 2.27. The number of piperidine rings is 1. The Kier molecular flexibility index (Phi) is 5.11. The van der Waals surface area contributed by atoms with Crippen molar-refractivity contribution in [1.29, 1.82) is 0 Å². The molecule has 1 N–H and O–H groups in total. The molecule has 0 bridgehead atoms. The number of likely N-dealkylation sites (tertiary alicyclic amines) is 1. The molecule has 6 nitrogen and oxygen atoms in total. The number of carboxylic acid groups (broad SMARTS) is 1. The number of aliphatic carboxylic acids is 1. The van der Waals surface area contributed by atoms with E-state index in [0.29, 0.717) is 25.1 Å². The molecule has 138 valence electrons. The van der Waals surface area contributed by atoms with E-state index in [0.717, 1.165) is 11.4 Å². The standard InChI is InChI=1S/C20H25N3O3/c1-13(2)18-12-17(21-23(18)15-8-5-4-6-9-15)19(24)22-11-7-10-16(14(22)3)20(25)26/h4-6,8-9,12-14,16H,7,10-11H2,1-3H3,(H,25,26)/t14-,16-/m0/s1. The second-order valence-electron chi connectivity index (χ2n) is 7.18. The average Bonchev–Trinajstić information content (AvgIpc) is 3.07. The Morgan fingerprint density at radius 2 is 1.92 bits per heavy atom. The zero-order valence-corrected chi connectivity index (χ0v) is 15.4. The van der Waals surface area contributed by atoms with Gasteiger partial charge in [-0.25, -0.2) is 4.68 Å². The fourth-order valence-electron chi connectivity index (χ4n) is 3.59. The molecule has 0 radical (unpaired) electrons. The Hall–Kier alpha value is -2.63. The lowest BCUT2D eigenvalue weighted by Crippen LogP contribution is -2.49. The Morgan fingerprint density at radius 1 is 1.23 bits per heavy atom. The number of carboxylic acids is 1. The van der Waals surface area contributed by atoms with Crippen LogP contribution in [0.5, 0.6) is 0 Å². The van der Waals surface area contributed by atoms with Gasteiger partial charge in [-0.3, -0.25) is 9.59 Å². The van der Waals surface area contributed by atoms with Crippen molar-refractivity contribution in [3.63, 3.8) is 0 Å². The van der Waals surface area contributed by atoms with Gasteiger partial charge in [0.15, 0.2) is 5.69 Å². The zero-order valence-electron chi connectivity index (χ0n) is 15.4. The van der Waals surface area contributed by atoms with Gasteiger partial charge in [-0.1, -0.05) is 32.0 Å². The van der Waals surface area contributed by atoms with E-state index in [2.05, 4.69) is 18.9 Å². The predicted molar refractivity (Wildman–Crippen MR) is 98.5 cm³/mol. The molecule has 2 atom stereocenters. The first kappa shape index (κ1) is 18.2. The van der Waals surface area contributed by atoms with E-state index >= 15 is 0 Å². The Morgan fingerprint density at radius 3 is 2.54 bits per heavy atom. The van der Waals surface area contributed by atoms with Gasteiger partial charge in [-0.15, -0.1) is 0 Å². The molecule has 1 aromatic carbocycles. The highest BCUT2D eigenvalue weighted by molar-refractivity contribution is 5.93. The first-order valence-corrected chi connectivity index (χ1v) is 9.09. The van der Waals surface area contributed by atoms with E-state index in [-0.39, 0.29) is 17.9 Å². The molecule has 1 fully saturated rings. The first-order chi connectivity index (χ1) is 12.4. The maximum atomic E-state index is 13.1. The van der Waals surface area contributed by atoms with Crippen molar-refractivity contribution in [3.05, 3.63) is 47.8 Å². The number of benzene rings is 1. The van der Waals surface area contributed by atoms with Gasteiger partial charge in [0.05, 0.1) is 11.6 Å². The fourth-order valence-corrected chi connectivity index (χ4v) is 3.59. The van der Waals surface area contributed by atoms with E-state index in [1.807, 2.05) is 43.3 Å². The molecule has 0 unspecified atom stereocenters. The van der Waals surface area contributed by atoms with E-state index in [1.165, 1.54) is 0 Å². The predicted octanol–water partition coefficient (Wildman–Crippen LogP) is 3.32. The molecule has 0 saturated carbocycles. The molecule has 1 aromatic heterocycles. The van der Waals surface area contributed by atoms with Crippen LogP contribution in [-0.4, -0.2) is 44.3 Å². The summed E-state index contributed by atoms with van der Waals surface area (Å²) in [6, 6.07) is 11.2. The molecule has 3 rings (SSSR count). The van der Waals surface area contributed by atoms with Gasteiger partial charge in [0.2, 0.25) is 0 Å². The highest BCUT2D eigenvalue weighted by atomic mass is 16.4. The molecule has 1 aliphatic heterocycles. The van der Waals surface area contributed by atoms with Gasteiger partial charge in [0, 0.05) is 18.3 Å². The molecule has 2 heterocycles. The van der Waals surface area contributed by atoms with Crippen LogP contribution in [-0.2, 0) is 4.79 Å². The van der Waals surface area contributed by atoms with Gasteiger partial charge < -0.3 is 10.0 Å². The van der Waals surface area contributed by atoms with Crippen LogP contribution in [0.1, 0.15) is 55.7 Å². The van der Waals surface area contributed by atoms with Crippen LogP contribution < -0.4 is 0 Å². The number of nitrogens with zero attached hydrogens (tertiary/aromatic N) is 3. The van der Waals surface area contributed by atoms with Crippen molar-refractivity contribution in [2.24, 2.45) is 5.92 Å². The minimum absolute atomic E-state index is 0.194. The smallest absolute Gasteiger partial charge is 0.308 e. The molecule has 1 aliphatic rings. The Labute approximate surface area is 153 Å². The third kappa shape index (κ3) is 3.36. The molecule has 0 spiro atoms. The topological polar surface area (TPSA) is 75.4 Å². The summed E-state index contributed by atoms with van der Waals surface area (Å²) in [5.41, 5.74) is 2.24. The van der Waals surface area contributed by atoms with E-state index in [4.69, 9.17) is 0 Å². The number of hydrogen-bond donors (Lipinski definition) is 1. The number of carbonyl (C=O) groups is 2. The van der Waals surface area contributed by atoms with Crippen LogP contribution in [0.3, 0.4) is 0 Å². The summed E-state index contributed by atoms with van der Waals surface area (Å²) in [5.74, 6) is -1.35. The number of amides is 1. The number of aromatic nitrogens is 2. The van der Waals surface area contributed by atoms with Crippen molar-refractivity contribution in [3.8, 4) is 5.69 Å². The summed E-state index contributed by atoms with van der Waals surface area (Å²) in [5, 5.41) is 13.9. The van der Waals surface area contributed by atoms with Crippen LogP contribution in [0.2, 0.25) is 0 Å².